The van der Waals surface area contributed by atoms with Gasteiger partial charge in [0.1, 0.15) is 11.6 Å². The Kier molecular flexibility index (Phi) is 3.18. The lowest BCUT2D eigenvalue weighted by Gasteiger charge is -2.18. The lowest BCUT2D eigenvalue weighted by atomic mass is 9.88. The average Bonchev–Trinajstić information content (AvgIpc) is 3.01. The number of hydrogen-bond donors (Lipinski definition) is 2. The topological polar surface area (TPSA) is 73.1 Å². The van der Waals surface area contributed by atoms with Crippen LogP contribution >= 0.6 is 0 Å². The second-order valence-corrected chi connectivity index (χ2v) is 5.21. The number of nitrogens with two attached hydrogens (primary N) is 1. The Labute approximate surface area is 107 Å². The van der Waals surface area contributed by atoms with E-state index < -0.39 is 0 Å². The van der Waals surface area contributed by atoms with Crippen LogP contribution in [0, 0.1) is 0 Å². The normalized spacial score (nSPS) is 29.8. The predicted octanol–water partition coefficient (Wildman–Crippen LogP) is 1.75. The number of hydrogen-bond acceptors (Lipinski definition) is 5. The van der Waals surface area contributed by atoms with Gasteiger partial charge in [0.15, 0.2) is 0 Å². The fourth-order valence-corrected chi connectivity index (χ4v) is 3.05. The van der Waals surface area contributed by atoms with E-state index in [-0.39, 0.29) is 0 Å². The van der Waals surface area contributed by atoms with E-state index >= 15 is 0 Å². The van der Waals surface area contributed by atoms with Gasteiger partial charge in [-0.05, 0) is 25.7 Å². The van der Waals surface area contributed by atoms with Gasteiger partial charge < -0.3 is 10.2 Å². The molecule has 3 N–H and O–H groups in total. The quantitative estimate of drug-likeness (QED) is 0.627. The Morgan fingerprint density at radius 1 is 1.44 bits per heavy atom. The van der Waals surface area contributed by atoms with Crippen LogP contribution < -0.4 is 11.3 Å². The van der Waals surface area contributed by atoms with E-state index in [2.05, 4.69) is 22.3 Å². The third-order valence-corrected chi connectivity index (χ3v) is 3.89. The van der Waals surface area contributed by atoms with Gasteiger partial charge in [-0.3, -0.25) is 0 Å². The number of nitrogen functional groups attached to an aromatic ring is 1. The fourth-order valence-electron chi connectivity index (χ4n) is 3.05. The highest BCUT2D eigenvalue weighted by molar-refractivity contribution is 5.35. The summed E-state index contributed by atoms with van der Waals surface area (Å²) in [6.07, 6.45) is 6.18. The maximum Gasteiger partial charge on any atom is 0.143 e. The van der Waals surface area contributed by atoms with E-state index in [1.54, 1.807) is 0 Å². The van der Waals surface area contributed by atoms with E-state index in [0.29, 0.717) is 23.9 Å². The largest absolute Gasteiger partial charge is 0.374 e. The molecule has 5 nitrogen and oxygen atoms in total. The zero-order chi connectivity index (χ0) is 12.5. The first-order valence-corrected chi connectivity index (χ1v) is 6.80. The molecular weight excluding hydrogens is 228 g/mol. The standard InChI is InChI=1S/C13H20N4O/c1-2-3-8-6-12(17-14)16-13(15-8)10-7-9-4-5-11(10)18-9/h6,9-11H,2-5,7,14H2,1H3,(H,15,16,17). The number of hydrazine groups is 1. The van der Waals surface area contributed by atoms with Gasteiger partial charge in [0.25, 0.3) is 0 Å². The van der Waals surface area contributed by atoms with E-state index in [1.165, 1.54) is 6.42 Å². The molecule has 18 heavy (non-hydrogen) atoms. The molecule has 3 atom stereocenters. The highest BCUT2D eigenvalue weighted by atomic mass is 16.5. The maximum atomic E-state index is 5.88. The first-order chi connectivity index (χ1) is 8.80. The van der Waals surface area contributed by atoms with Crippen molar-refractivity contribution in [1.82, 2.24) is 9.97 Å². The summed E-state index contributed by atoms with van der Waals surface area (Å²) >= 11 is 0. The van der Waals surface area contributed by atoms with Gasteiger partial charge in [0.2, 0.25) is 0 Å². The molecule has 2 aliphatic heterocycles. The van der Waals surface area contributed by atoms with Gasteiger partial charge in [-0.1, -0.05) is 13.3 Å². The van der Waals surface area contributed by atoms with Crippen LogP contribution in [0.1, 0.15) is 50.0 Å². The van der Waals surface area contributed by atoms with Crippen molar-refractivity contribution in [2.75, 3.05) is 5.43 Å². The third kappa shape index (κ3) is 2.08. The highest BCUT2D eigenvalue weighted by Crippen LogP contribution is 2.43. The van der Waals surface area contributed by atoms with E-state index in [1.807, 2.05) is 6.07 Å². The van der Waals surface area contributed by atoms with Crippen LogP contribution in [0.15, 0.2) is 6.07 Å². The lowest BCUT2D eigenvalue weighted by molar-refractivity contribution is 0.0998. The van der Waals surface area contributed by atoms with E-state index in [9.17, 15) is 0 Å². The molecule has 2 bridgehead atoms. The van der Waals surface area contributed by atoms with Gasteiger partial charge in [0.05, 0.1) is 12.2 Å². The van der Waals surface area contributed by atoms with Crippen molar-refractivity contribution in [1.29, 1.82) is 0 Å². The van der Waals surface area contributed by atoms with Gasteiger partial charge in [0, 0.05) is 17.7 Å². The summed E-state index contributed by atoms with van der Waals surface area (Å²) in [6.45, 7) is 2.15. The van der Waals surface area contributed by atoms with E-state index in [4.69, 9.17) is 10.6 Å². The molecule has 0 amide bonds. The second kappa shape index (κ2) is 4.82. The second-order valence-electron chi connectivity index (χ2n) is 5.21. The molecule has 2 saturated heterocycles. The molecule has 0 saturated carbocycles. The number of nitrogens with one attached hydrogen (secondary N) is 1. The lowest BCUT2D eigenvalue weighted by Crippen LogP contribution is -2.19. The van der Waals surface area contributed by atoms with Gasteiger partial charge >= 0.3 is 0 Å². The van der Waals surface area contributed by atoms with Crippen molar-refractivity contribution in [2.24, 2.45) is 5.84 Å². The average molecular weight is 248 g/mol. The van der Waals surface area contributed by atoms with Gasteiger partial charge in [-0.15, -0.1) is 0 Å². The van der Waals surface area contributed by atoms with Crippen molar-refractivity contribution in [3.05, 3.63) is 17.6 Å². The molecule has 98 valence electrons. The van der Waals surface area contributed by atoms with Crippen molar-refractivity contribution in [2.45, 2.75) is 57.2 Å². The number of rotatable bonds is 4. The molecule has 1 aromatic rings. The Hall–Kier alpha value is -1.20. The molecule has 3 rings (SSSR count). The minimum Gasteiger partial charge on any atom is -0.374 e. The third-order valence-electron chi connectivity index (χ3n) is 3.89. The first kappa shape index (κ1) is 11.9. The zero-order valence-corrected chi connectivity index (χ0v) is 10.7. The van der Waals surface area contributed by atoms with Crippen molar-refractivity contribution < 1.29 is 4.74 Å². The number of aromatic nitrogens is 2. The number of aryl methyl sites for hydroxylation is 1. The van der Waals surface area contributed by atoms with Gasteiger partial charge in [-0.2, -0.15) is 0 Å². The molecule has 3 unspecified atom stereocenters. The summed E-state index contributed by atoms with van der Waals surface area (Å²) in [5.74, 6) is 7.46. The number of nitrogens with zero attached hydrogens (tertiary/aromatic N) is 2. The van der Waals surface area contributed by atoms with Crippen LogP contribution in [-0.2, 0) is 11.2 Å². The fraction of sp³-hybridized carbons (Fsp3) is 0.692. The van der Waals surface area contributed by atoms with E-state index in [0.717, 1.165) is 37.2 Å². The highest BCUT2D eigenvalue weighted by Gasteiger charge is 2.43. The minimum atomic E-state index is 0.317. The van der Waals surface area contributed by atoms with Gasteiger partial charge in [-0.25, -0.2) is 15.8 Å². The first-order valence-electron chi connectivity index (χ1n) is 6.80. The monoisotopic (exact) mass is 248 g/mol. The molecule has 0 aliphatic carbocycles. The molecular formula is C13H20N4O. The number of ether oxygens (including phenoxy) is 1. The Bertz CT molecular complexity index is 437. The van der Waals surface area contributed by atoms with Crippen molar-refractivity contribution in [3.63, 3.8) is 0 Å². The molecule has 5 heteroatoms. The summed E-state index contributed by atoms with van der Waals surface area (Å²) < 4.78 is 5.88. The van der Waals surface area contributed by atoms with Crippen LogP contribution in [0.3, 0.4) is 0 Å². The van der Waals surface area contributed by atoms with Crippen LogP contribution in [-0.4, -0.2) is 22.2 Å². The summed E-state index contributed by atoms with van der Waals surface area (Å²) in [5.41, 5.74) is 3.71. The van der Waals surface area contributed by atoms with Crippen molar-refractivity contribution in [3.8, 4) is 0 Å². The molecule has 2 fully saturated rings. The van der Waals surface area contributed by atoms with Crippen LogP contribution in [0.2, 0.25) is 0 Å². The molecule has 2 aliphatic rings. The summed E-state index contributed by atoms with van der Waals surface area (Å²) in [7, 11) is 0. The Morgan fingerprint density at radius 2 is 2.33 bits per heavy atom. The smallest absolute Gasteiger partial charge is 0.143 e. The van der Waals surface area contributed by atoms with Crippen LogP contribution in [0.4, 0.5) is 5.82 Å². The Morgan fingerprint density at radius 3 is 2.94 bits per heavy atom. The number of fused-ring (bicyclic) bond motifs is 2. The predicted molar refractivity (Wildman–Crippen MR) is 69.1 cm³/mol. The van der Waals surface area contributed by atoms with Crippen LogP contribution in [0.5, 0.6) is 0 Å². The zero-order valence-electron chi connectivity index (χ0n) is 10.7. The number of anilines is 1. The van der Waals surface area contributed by atoms with Crippen molar-refractivity contribution >= 4 is 5.82 Å². The summed E-state index contributed by atoms with van der Waals surface area (Å²) in [6, 6.07) is 1.93. The summed E-state index contributed by atoms with van der Waals surface area (Å²) in [5, 5.41) is 0. The maximum absolute atomic E-state index is 5.88. The summed E-state index contributed by atoms with van der Waals surface area (Å²) in [4.78, 5) is 9.19. The molecule has 0 radical (unpaired) electrons. The van der Waals surface area contributed by atoms with Crippen LogP contribution in [0.25, 0.3) is 0 Å². The molecule has 0 spiro atoms. The minimum absolute atomic E-state index is 0.317. The molecule has 0 aromatic carbocycles. The SMILES string of the molecule is CCCc1cc(NN)nc(C2CC3CCC2O3)n1. The molecule has 3 heterocycles. The Balaban J connectivity index is 1.88. The molecule has 1 aromatic heterocycles.